The van der Waals surface area contributed by atoms with E-state index in [4.69, 9.17) is 9.15 Å². The topological polar surface area (TPSA) is 136 Å². The third kappa shape index (κ3) is 6.76. The number of nitrogens with zero attached hydrogens (tertiary/aromatic N) is 2. The molecule has 3 aromatic rings. The molecule has 0 fully saturated rings. The number of hydrogen-bond donors (Lipinski definition) is 2. The maximum atomic E-state index is 11.8. The first-order valence-corrected chi connectivity index (χ1v) is 9.95. The first-order valence-electron chi connectivity index (χ1n) is 9.95. The van der Waals surface area contributed by atoms with E-state index in [2.05, 4.69) is 15.8 Å². The van der Waals surface area contributed by atoms with E-state index in [-0.39, 0.29) is 18.8 Å². The molecule has 0 unspecified atom stereocenters. The summed E-state index contributed by atoms with van der Waals surface area (Å²) in [6.45, 7) is 3.19. The summed E-state index contributed by atoms with van der Waals surface area (Å²) in [6, 6.07) is 15.1. The van der Waals surface area contributed by atoms with Crippen LogP contribution >= 0.6 is 0 Å². The Kier molecular flexibility index (Phi) is 7.53. The van der Waals surface area contributed by atoms with E-state index in [1.54, 1.807) is 37.3 Å². The van der Waals surface area contributed by atoms with E-state index in [0.717, 1.165) is 5.56 Å². The lowest BCUT2D eigenvalue weighted by Gasteiger charge is -2.07. The van der Waals surface area contributed by atoms with Gasteiger partial charge in [0, 0.05) is 17.7 Å². The maximum absolute atomic E-state index is 11.8. The molecule has 0 spiro atoms. The molecule has 0 aliphatic carbocycles. The zero-order chi connectivity index (χ0) is 23.8. The van der Waals surface area contributed by atoms with Gasteiger partial charge in [-0.3, -0.25) is 19.7 Å². The van der Waals surface area contributed by atoms with Gasteiger partial charge < -0.3 is 14.5 Å². The van der Waals surface area contributed by atoms with Crippen molar-refractivity contribution in [2.45, 2.75) is 13.8 Å². The monoisotopic (exact) mass is 450 g/mol. The molecule has 0 aliphatic rings. The van der Waals surface area contributed by atoms with Gasteiger partial charge in [0.1, 0.15) is 17.3 Å². The Morgan fingerprint density at radius 1 is 1.12 bits per heavy atom. The number of furan rings is 1. The predicted molar refractivity (Wildman–Crippen MR) is 121 cm³/mol. The van der Waals surface area contributed by atoms with Crippen LogP contribution in [-0.2, 0) is 9.59 Å². The number of carbonyl (C=O) groups is 2. The van der Waals surface area contributed by atoms with E-state index >= 15 is 0 Å². The molecule has 33 heavy (non-hydrogen) atoms. The fourth-order valence-corrected chi connectivity index (χ4v) is 2.90. The number of benzene rings is 2. The van der Waals surface area contributed by atoms with Crippen molar-refractivity contribution in [2.24, 2.45) is 5.10 Å². The summed E-state index contributed by atoms with van der Waals surface area (Å²) in [7, 11) is 0. The molecule has 0 radical (unpaired) electrons. The van der Waals surface area contributed by atoms with Crippen molar-refractivity contribution in [1.29, 1.82) is 0 Å². The summed E-state index contributed by atoms with van der Waals surface area (Å²) in [4.78, 5) is 34.1. The standard InChI is InChI=1S/C23H22N4O6/c1-15-4-3-5-18(10-15)32-14-23(29)24-13-22(28)26-25-12-19-7-9-21(33-19)20-8-6-17(27(30)31)11-16(20)2/h3-12H,13-14H2,1-2H3,(H,24,29)(H,26,28)/b25-12-. The van der Waals surface area contributed by atoms with Crippen LogP contribution in [0.3, 0.4) is 0 Å². The Morgan fingerprint density at radius 2 is 1.94 bits per heavy atom. The number of nitro benzene ring substituents is 1. The fourth-order valence-electron chi connectivity index (χ4n) is 2.90. The van der Waals surface area contributed by atoms with Gasteiger partial charge in [0.2, 0.25) is 0 Å². The number of nitrogens with one attached hydrogen (secondary N) is 2. The van der Waals surface area contributed by atoms with Crippen molar-refractivity contribution < 1.29 is 23.7 Å². The van der Waals surface area contributed by atoms with Gasteiger partial charge >= 0.3 is 0 Å². The Balaban J connectivity index is 1.44. The second-order valence-electron chi connectivity index (χ2n) is 7.13. The van der Waals surface area contributed by atoms with Crippen molar-refractivity contribution in [2.75, 3.05) is 13.2 Å². The second kappa shape index (κ2) is 10.7. The number of carbonyl (C=O) groups excluding carboxylic acids is 2. The number of non-ortho nitro benzene ring substituents is 1. The van der Waals surface area contributed by atoms with Crippen LogP contribution in [0.15, 0.2) is 64.1 Å². The molecule has 0 bridgehead atoms. The molecular weight excluding hydrogens is 428 g/mol. The highest BCUT2D eigenvalue weighted by Gasteiger charge is 2.12. The lowest BCUT2D eigenvalue weighted by Crippen LogP contribution is -2.37. The van der Waals surface area contributed by atoms with E-state index in [1.807, 2.05) is 19.1 Å². The van der Waals surface area contributed by atoms with Crippen LogP contribution in [0.2, 0.25) is 0 Å². The number of ether oxygens (including phenoxy) is 1. The quantitative estimate of drug-likeness (QED) is 0.292. The summed E-state index contributed by atoms with van der Waals surface area (Å²) in [6.07, 6.45) is 1.31. The SMILES string of the molecule is Cc1cccc(OCC(=O)NCC(=O)N/N=C\c2ccc(-c3ccc([N+](=O)[O-])cc3C)o2)c1. The number of aryl methyl sites for hydroxylation is 2. The minimum Gasteiger partial charge on any atom is -0.484 e. The van der Waals surface area contributed by atoms with Gasteiger partial charge in [-0.1, -0.05) is 12.1 Å². The molecule has 0 saturated carbocycles. The number of nitro groups is 1. The third-order valence-corrected chi connectivity index (χ3v) is 4.50. The van der Waals surface area contributed by atoms with Crippen LogP contribution in [0.5, 0.6) is 5.75 Å². The number of hydrazone groups is 1. The first kappa shape index (κ1) is 23.2. The van der Waals surface area contributed by atoms with Crippen molar-refractivity contribution in [3.05, 3.63) is 81.6 Å². The fraction of sp³-hybridized carbons (Fsp3) is 0.174. The molecule has 2 amide bonds. The van der Waals surface area contributed by atoms with E-state index in [1.165, 1.54) is 18.3 Å². The molecule has 2 aromatic carbocycles. The van der Waals surface area contributed by atoms with Crippen LogP contribution in [0, 0.1) is 24.0 Å². The summed E-state index contributed by atoms with van der Waals surface area (Å²) in [5.41, 5.74) is 4.70. The highest BCUT2D eigenvalue weighted by molar-refractivity contribution is 5.86. The Hall–Kier alpha value is -4.47. The Labute approximate surface area is 189 Å². The van der Waals surface area contributed by atoms with Gasteiger partial charge in [0.25, 0.3) is 17.5 Å². The van der Waals surface area contributed by atoms with Gasteiger partial charge in [-0.2, -0.15) is 5.10 Å². The molecule has 0 aliphatic heterocycles. The maximum Gasteiger partial charge on any atom is 0.269 e. The van der Waals surface area contributed by atoms with Crippen LogP contribution in [0.25, 0.3) is 11.3 Å². The normalized spacial score (nSPS) is 10.7. The van der Waals surface area contributed by atoms with Crippen molar-refractivity contribution in [1.82, 2.24) is 10.7 Å². The average molecular weight is 450 g/mol. The first-order chi connectivity index (χ1) is 15.8. The van der Waals surface area contributed by atoms with Crippen molar-refractivity contribution >= 4 is 23.7 Å². The van der Waals surface area contributed by atoms with Crippen LogP contribution in [-0.4, -0.2) is 36.1 Å². The molecular formula is C23H22N4O6. The van der Waals surface area contributed by atoms with Crippen LogP contribution in [0.1, 0.15) is 16.9 Å². The molecule has 10 heteroatoms. The Bertz CT molecular complexity index is 1200. The van der Waals surface area contributed by atoms with Crippen molar-refractivity contribution in [3.63, 3.8) is 0 Å². The number of rotatable bonds is 9. The highest BCUT2D eigenvalue weighted by Crippen LogP contribution is 2.28. The van der Waals surface area contributed by atoms with Gasteiger partial charge in [-0.25, -0.2) is 5.43 Å². The molecule has 170 valence electrons. The zero-order valence-corrected chi connectivity index (χ0v) is 18.0. The minimum absolute atomic E-state index is 0.00104. The third-order valence-electron chi connectivity index (χ3n) is 4.50. The lowest BCUT2D eigenvalue weighted by molar-refractivity contribution is -0.384. The average Bonchev–Trinajstić information content (AvgIpc) is 3.24. The minimum atomic E-state index is -0.520. The molecule has 3 rings (SSSR count). The molecule has 10 nitrogen and oxygen atoms in total. The van der Waals surface area contributed by atoms with Gasteiger partial charge in [0.15, 0.2) is 6.61 Å². The van der Waals surface area contributed by atoms with Gasteiger partial charge in [0.05, 0.1) is 17.7 Å². The lowest BCUT2D eigenvalue weighted by atomic mass is 10.1. The van der Waals surface area contributed by atoms with E-state index in [9.17, 15) is 19.7 Å². The Morgan fingerprint density at radius 3 is 2.67 bits per heavy atom. The van der Waals surface area contributed by atoms with Crippen LogP contribution in [0.4, 0.5) is 5.69 Å². The smallest absolute Gasteiger partial charge is 0.269 e. The van der Waals surface area contributed by atoms with Gasteiger partial charge in [-0.15, -0.1) is 0 Å². The molecule has 1 aromatic heterocycles. The van der Waals surface area contributed by atoms with Gasteiger partial charge in [-0.05, 0) is 55.3 Å². The summed E-state index contributed by atoms with van der Waals surface area (Å²) >= 11 is 0. The molecule has 0 atom stereocenters. The second-order valence-corrected chi connectivity index (χ2v) is 7.13. The van der Waals surface area contributed by atoms with Crippen LogP contribution < -0.4 is 15.5 Å². The summed E-state index contributed by atoms with van der Waals surface area (Å²) < 4.78 is 11.0. The summed E-state index contributed by atoms with van der Waals surface area (Å²) in [5.74, 6) is 0.494. The molecule has 2 N–H and O–H groups in total. The highest BCUT2D eigenvalue weighted by atomic mass is 16.6. The summed E-state index contributed by atoms with van der Waals surface area (Å²) in [5, 5.41) is 17.1. The van der Waals surface area contributed by atoms with Crippen molar-refractivity contribution in [3.8, 4) is 17.1 Å². The number of amides is 2. The van der Waals surface area contributed by atoms with E-state index < -0.39 is 16.7 Å². The van der Waals surface area contributed by atoms with E-state index in [0.29, 0.717) is 28.4 Å². The molecule has 0 saturated heterocycles. The zero-order valence-electron chi connectivity index (χ0n) is 18.0. The predicted octanol–water partition coefficient (Wildman–Crippen LogP) is 3.12. The number of hydrogen-bond acceptors (Lipinski definition) is 7. The largest absolute Gasteiger partial charge is 0.484 e. The molecule has 1 heterocycles.